The summed E-state index contributed by atoms with van der Waals surface area (Å²) in [5.41, 5.74) is 7.94. The van der Waals surface area contributed by atoms with Crippen molar-refractivity contribution >= 4 is 5.69 Å². The molecule has 2 aromatic rings. The van der Waals surface area contributed by atoms with Gasteiger partial charge in [0.15, 0.2) is 0 Å². The van der Waals surface area contributed by atoms with E-state index in [1.54, 1.807) is 12.1 Å². The lowest BCUT2D eigenvalue weighted by atomic mass is 10.0. The molecule has 2 rings (SSSR count). The van der Waals surface area contributed by atoms with Crippen LogP contribution in [-0.4, -0.2) is 20.1 Å². The zero-order valence-electron chi connectivity index (χ0n) is 12.6. The zero-order valence-corrected chi connectivity index (χ0v) is 12.6. The molecule has 0 aliphatic rings. The minimum Gasteiger partial charge on any atom is -0.484 e. The number of halogens is 1. The van der Waals surface area contributed by atoms with E-state index in [4.69, 9.17) is 10.5 Å². The number of nitrogens with zero attached hydrogens (tertiary/aromatic N) is 1. The van der Waals surface area contributed by atoms with E-state index in [-0.39, 0.29) is 18.0 Å². The average Bonchev–Trinajstić information content (AvgIpc) is 2.46. The minimum absolute atomic E-state index is 0.210. The van der Waals surface area contributed by atoms with Crippen molar-refractivity contribution < 1.29 is 9.13 Å². The SMILES string of the molecule is CC(N)C(Oc1cccc(N(C)C)c1)c1ccc(F)cc1. The molecule has 4 heteroatoms. The van der Waals surface area contributed by atoms with Crippen LogP contribution in [0.1, 0.15) is 18.6 Å². The van der Waals surface area contributed by atoms with E-state index in [1.807, 2.05) is 50.2 Å². The first-order chi connectivity index (χ1) is 9.97. The molecule has 2 unspecified atom stereocenters. The van der Waals surface area contributed by atoms with E-state index in [0.717, 1.165) is 17.0 Å². The van der Waals surface area contributed by atoms with Crippen LogP contribution in [0.3, 0.4) is 0 Å². The van der Waals surface area contributed by atoms with Crippen molar-refractivity contribution in [2.75, 3.05) is 19.0 Å². The van der Waals surface area contributed by atoms with Crippen LogP contribution in [0, 0.1) is 5.82 Å². The van der Waals surface area contributed by atoms with E-state index in [2.05, 4.69) is 0 Å². The Balaban J connectivity index is 2.24. The molecule has 0 aromatic heterocycles. The van der Waals surface area contributed by atoms with Crippen LogP contribution >= 0.6 is 0 Å². The predicted molar refractivity (Wildman–Crippen MR) is 84.2 cm³/mol. The highest BCUT2D eigenvalue weighted by Crippen LogP contribution is 2.27. The van der Waals surface area contributed by atoms with Gasteiger partial charge >= 0.3 is 0 Å². The van der Waals surface area contributed by atoms with Crippen LogP contribution in [0.15, 0.2) is 48.5 Å². The maximum absolute atomic E-state index is 13.0. The molecule has 2 aromatic carbocycles. The molecular weight excluding hydrogens is 267 g/mol. The van der Waals surface area contributed by atoms with E-state index in [9.17, 15) is 4.39 Å². The van der Waals surface area contributed by atoms with Crippen LogP contribution < -0.4 is 15.4 Å². The van der Waals surface area contributed by atoms with Crippen molar-refractivity contribution in [1.29, 1.82) is 0 Å². The summed E-state index contributed by atoms with van der Waals surface area (Å²) in [6.45, 7) is 1.88. The quantitative estimate of drug-likeness (QED) is 0.917. The third-order valence-corrected chi connectivity index (χ3v) is 3.27. The third kappa shape index (κ3) is 3.95. The molecule has 0 saturated carbocycles. The third-order valence-electron chi connectivity index (χ3n) is 3.27. The first-order valence-electron chi connectivity index (χ1n) is 6.92. The van der Waals surface area contributed by atoms with Gasteiger partial charge in [0.2, 0.25) is 0 Å². The largest absolute Gasteiger partial charge is 0.484 e. The molecule has 112 valence electrons. The Bertz CT molecular complexity index is 582. The second-order valence-corrected chi connectivity index (χ2v) is 5.34. The summed E-state index contributed by atoms with van der Waals surface area (Å²) in [7, 11) is 3.95. The fourth-order valence-electron chi connectivity index (χ4n) is 2.11. The number of ether oxygens (including phenoxy) is 1. The van der Waals surface area contributed by atoms with Gasteiger partial charge in [0.05, 0.1) is 0 Å². The number of hydrogen-bond acceptors (Lipinski definition) is 3. The first-order valence-corrected chi connectivity index (χ1v) is 6.92. The van der Waals surface area contributed by atoms with Crippen molar-refractivity contribution in [2.45, 2.75) is 19.1 Å². The second-order valence-electron chi connectivity index (χ2n) is 5.34. The maximum Gasteiger partial charge on any atom is 0.138 e. The number of hydrogen-bond donors (Lipinski definition) is 1. The lowest BCUT2D eigenvalue weighted by molar-refractivity contribution is 0.180. The fourth-order valence-corrected chi connectivity index (χ4v) is 2.11. The molecular formula is C17H21FN2O. The average molecular weight is 288 g/mol. The summed E-state index contributed by atoms with van der Waals surface area (Å²) >= 11 is 0. The van der Waals surface area contributed by atoms with Crippen molar-refractivity contribution in [3.63, 3.8) is 0 Å². The topological polar surface area (TPSA) is 38.5 Å². The van der Waals surface area contributed by atoms with Crippen LogP contribution in [-0.2, 0) is 0 Å². The van der Waals surface area contributed by atoms with Crippen molar-refractivity contribution in [1.82, 2.24) is 0 Å². The first kappa shape index (κ1) is 15.3. The maximum atomic E-state index is 13.0. The van der Waals surface area contributed by atoms with Crippen LogP contribution in [0.25, 0.3) is 0 Å². The summed E-state index contributed by atoms with van der Waals surface area (Å²) in [4.78, 5) is 2.01. The van der Waals surface area contributed by atoms with Gasteiger partial charge in [-0.2, -0.15) is 0 Å². The van der Waals surface area contributed by atoms with Crippen molar-refractivity contribution in [3.05, 3.63) is 59.9 Å². The molecule has 21 heavy (non-hydrogen) atoms. The molecule has 3 nitrogen and oxygen atoms in total. The van der Waals surface area contributed by atoms with Gasteiger partial charge in [0.25, 0.3) is 0 Å². The molecule has 0 fully saturated rings. The van der Waals surface area contributed by atoms with E-state index < -0.39 is 0 Å². The molecule has 0 spiro atoms. The smallest absolute Gasteiger partial charge is 0.138 e. The summed E-state index contributed by atoms with van der Waals surface area (Å²) < 4.78 is 19.1. The Kier molecular flexibility index (Phi) is 4.81. The molecule has 0 amide bonds. The minimum atomic E-state index is -0.317. The monoisotopic (exact) mass is 288 g/mol. The summed E-state index contributed by atoms with van der Waals surface area (Å²) in [5, 5.41) is 0. The Hall–Kier alpha value is -2.07. The zero-order chi connectivity index (χ0) is 15.4. The molecule has 0 aliphatic carbocycles. The Morgan fingerprint density at radius 1 is 1.10 bits per heavy atom. The van der Waals surface area contributed by atoms with Crippen LogP contribution in [0.4, 0.5) is 10.1 Å². The summed E-state index contributed by atoms with van der Waals surface area (Å²) in [5.74, 6) is 0.476. The van der Waals surface area contributed by atoms with Gasteiger partial charge < -0.3 is 15.4 Å². The lowest BCUT2D eigenvalue weighted by Gasteiger charge is -2.24. The molecule has 2 atom stereocenters. The van der Waals surface area contributed by atoms with Crippen LogP contribution in [0.5, 0.6) is 5.75 Å². The van der Waals surface area contributed by atoms with Gasteiger partial charge in [-0.25, -0.2) is 4.39 Å². The highest BCUT2D eigenvalue weighted by molar-refractivity contribution is 5.49. The molecule has 0 aliphatic heterocycles. The van der Waals surface area contributed by atoms with Crippen molar-refractivity contribution in [2.24, 2.45) is 5.73 Å². The molecule has 0 bridgehead atoms. The van der Waals surface area contributed by atoms with E-state index >= 15 is 0 Å². The Labute approximate surface area is 125 Å². The Morgan fingerprint density at radius 2 is 1.76 bits per heavy atom. The predicted octanol–water partition coefficient (Wildman–Crippen LogP) is 3.36. The van der Waals surface area contributed by atoms with Gasteiger partial charge in [-0.1, -0.05) is 18.2 Å². The number of nitrogens with two attached hydrogens (primary N) is 1. The van der Waals surface area contributed by atoms with Gasteiger partial charge in [0.1, 0.15) is 17.7 Å². The van der Waals surface area contributed by atoms with Crippen LogP contribution in [0.2, 0.25) is 0 Å². The molecule has 0 saturated heterocycles. The van der Waals surface area contributed by atoms with Gasteiger partial charge in [0, 0.05) is 31.9 Å². The summed E-state index contributed by atoms with van der Waals surface area (Å²) in [6, 6.07) is 13.8. The molecule has 0 radical (unpaired) electrons. The van der Waals surface area contributed by atoms with E-state index in [0.29, 0.717) is 0 Å². The van der Waals surface area contributed by atoms with Gasteiger partial charge in [-0.3, -0.25) is 0 Å². The Morgan fingerprint density at radius 3 is 2.33 bits per heavy atom. The van der Waals surface area contributed by atoms with Gasteiger partial charge in [-0.15, -0.1) is 0 Å². The number of anilines is 1. The molecule has 2 N–H and O–H groups in total. The van der Waals surface area contributed by atoms with E-state index in [1.165, 1.54) is 12.1 Å². The fraction of sp³-hybridized carbons (Fsp3) is 0.294. The second kappa shape index (κ2) is 6.59. The highest BCUT2D eigenvalue weighted by atomic mass is 19.1. The van der Waals surface area contributed by atoms with Crippen molar-refractivity contribution in [3.8, 4) is 5.75 Å². The lowest BCUT2D eigenvalue weighted by Crippen LogP contribution is -2.29. The number of rotatable bonds is 5. The normalized spacial score (nSPS) is 13.6. The summed E-state index contributed by atoms with van der Waals surface area (Å²) in [6.07, 6.45) is -0.317. The molecule has 0 heterocycles. The highest BCUT2D eigenvalue weighted by Gasteiger charge is 2.18. The number of benzene rings is 2. The standard InChI is InChI=1S/C17H21FN2O/c1-12(19)17(13-7-9-14(18)10-8-13)21-16-6-4-5-15(11-16)20(2)3/h4-12,17H,19H2,1-3H3. The van der Waals surface area contributed by atoms with Gasteiger partial charge in [-0.05, 0) is 36.8 Å².